The summed E-state index contributed by atoms with van der Waals surface area (Å²) in [5, 5.41) is 0. The second-order valence-corrected chi connectivity index (χ2v) is 4.50. The molecule has 0 saturated carbocycles. The van der Waals surface area contributed by atoms with E-state index < -0.39 is 0 Å². The molecule has 14 heavy (non-hydrogen) atoms. The number of ether oxygens (including phenoxy) is 1. The lowest BCUT2D eigenvalue weighted by Crippen LogP contribution is -2.28. The first-order valence-electron chi connectivity index (χ1n) is 5.06. The van der Waals surface area contributed by atoms with Gasteiger partial charge < -0.3 is 4.74 Å². The van der Waals surface area contributed by atoms with Crippen LogP contribution < -0.4 is 0 Å². The SMILES string of the molecule is O=C1CCC(CCCCl)(CCCCl)O1. The Morgan fingerprint density at radius 1 is 1.21 bits per heavy atom. The molecule has 0 aromatic rings. The van der Waals surface area contributed by atoms with Crippen LogP contribution in [0.15, 0.2) is 0 Å². The van der Waals surface area contributed by atoms with Crippen LogP contribution in [-0.4, -0.2) is 23.3 Å². The van der Waals surface area contributed by atoms with E-state index in [0.29, 0.717) is 18.2 Å². The molecular formula is C10H16Cl2O2. The Kier molecular flexibility index (Phi) is 5.04. The first-order chi connectivity index (χ1) is 6.72. The van der Waals surface area contributed by atoms with Crippen molar-refractivity contribution in [2.45, 2.75) is 44.1 Å². The van der Waals surface area contributed by atoms with Crippen molar-refractivity contribution >= 4 is 29.2 Å². The van der Waals surface area contributed by atoms with Gasteiger partial charge in [-0.2, -0.15) is 0 Å². The van der Waals surface area contributed by atoms with Crippen molar-refractivity contribution in [1.29, 1.82) is 0 Å². The minimum atomic E-state index is -0.249. The Bertz CT molecular complexity index is 187. The molecule has 1 heterocycles. The highest BCUT2D eigenvalue weighted by Gasteiger charge is 2.38. The van der Waals surface area contributed by atoms with E-state index in [9.17, 15) is 4.79 Å². The molecule has 0 atom stereocenters. The van der Waals surface area contributed by atoms with Crippen LogP contribution in [0.3, 0.4) is 0 Å². The number of carbonyl (C=O) groups excluding carboxylic acids is 1. The second kappa shape index (κ2) is 5.82. The average molecular weight is 239 g/mol. The smallest absolute Gasteiger partial charge is 0.306 e. The van der Waals surface area contributed by atoms with E-state index in [1.54, 1.807) is 0 Å². The van der Waals surface area contributed by atoms with Crippen molar-refractivity contribution in [2.24, 2.45) is 0 Å². The van der Waals surface area contributed by atoms with Gasteiger partial charge in [-0.1, -0.05) is 0 Å². The molecule has 0 radical (unpaired) electrons. The predicted molar refractivity (Wildman–Crippen MR) is 58.0 cm³/mol. The summed E-state index contributed by atoms with van der Waals surface area (Å²) < 4.78 is 5.40. The highest BCUT2D eigenvalue weighted by Crippen LogP contribution is 2.35. The Balaban J connectivity index is 2.46. The summed E-state index contributed by atoms with van der Waals surface area (Å²) in [7, 11) is 0. The minimum Gasteiger partial charge on any atom is -0.459 e. The zero-order valence-corrected chi connectivity index (χ0v) is 9.74. The Labute approximate surface area is 94.9 Å². The summed E-state index contributed by atoms with van der Waals surface area (Å²) >= 11 is 11.3. The van der Waals surface area contributed by atoms with Crippen LogP contribution in [0, 0.1) is 0 Å². The normalized spacial score (nSPS) is 19.7. The van der Waals surface area contributed by atoms with Crippen LogP contribution in [0.1, 0.15) is 38.5 Å². The Morgan fingerprint density at radius 3 is 2.14 bits per heavy atom. The number of hydrogen-bond acceptors (Lipinski definition) is 2. The fraction of sp³-hybridized carbons (Fsp3) is 0.900. The van der Waals surface area contributed by atoms with Crippen molar-refractivity contribution in [1.82, 2.24) is 0 Å². The summed E-state index contributed by atoms with van der Waals surface area (Å²) in [4.78, 5) is 11.1. The van der Waals surface area contributed by atoms with Gasteiger partial charge in [0.15, 0.2) is 0 Å². The third-order valence-electron chi connectivity index (χ3n) is 2.65. The number of hydrogen-bond donors (Lipinski definition) is 0. The van der Waals surface area contributed by atoms with Gasteiger partial charge in [0.05, 0.1) is 0 Å². The molecule has 1 aliphatic heterocycles. The fourth-order valence-electron chi connectivity index (χ4n) is 1.93. The van der Waals surface area contributed by atoms with Gasteiger partial charge in [0.2, 0.25) is 0 Å². The summed E-state index contributed by atoms with van der Waals surface area (Å²) in [5.74, 6) is 1.18. The number of halogens is 2. The van der Waals surface area contributed by atoms with Gasteiger partial charge in [0, 0.05) is 18.2 Å². The van der Waals surface area contributed by atoms with Gasteiger partial charge in [-0.25, -0.2) is 0 Å². The molecule has 0 aromatic heterocycles. The molecule has 0 bridgehead atoms. The molecular weight excluding hydrogens is 223 g/mol. The summed E-state index contributed by atoms with van der Waals surface area (Å²) in [6.45, 7) is 0. The van der Waals surface area contributed by atoms with Gasteiger partial charge in [0.25, 0.3) is 0 Å². The second-order valence-electron chi connectivity index (χ2n) is 3.74. The number of carbonyl (C=O) groups is 1. The lowest BCUT2D eigenvalue weighted by molar-refractivity contribution is -0.149. The molecule has 0 amide bonds. The monoisotopic (exact) mass is 238 g/mol. The van der Waals surface area contributed by atoms with Crippen molar-refractivity contribution in [3.8, 4) is 0 Å². The maximum Gasteiger partial charge on any atom is 0.306 e. The average Bonchev–Trinajstić information content (AvgIpc) is 2.55. The van der Waals surface area contributed by atoms with Crippen LogP contribution in [0.2, 0.25) is 0 Å². The molecule has 1 aliphatic rings. The molecule has 4 heteroatoms. The van der Waals surface area contributed by atoms with Crippen LogP contribution in [0.25, 0.3) is 0 Å². The fourth-order valence-corrected chi connectivity index (χ4v) is 2.20. The lowest BCUT2D eigenvalue weighted by atomic mass is 9.90. The Hall–Kier alpha value is 0.0500. The van der Waals surface area contributed by atoms with Gasteiger partial charge in [-0.15, -0.1) is 23.2 Å². The topological polar surface area (TPSA) is 26.3 Å². The standard InChI is InChI=1S/C10H16Cl2O2/c11-7-1-4-10(5-2-8-12)6-3-9(13)14-10/h1-8H2. The van der Waals surface area contributed by atoms with E-state index in [4.69, 9.17) is 27.9 Å². The summed E-state index contributed by atoms with van der Waals surface area (Å²) in [6, 6.07) is 0. The van der Waals surface area contributed by atoms with Crippen LogP contribution in [0.4, 0.5) is 0 Å². The van der Waals surface area contributed by atoms with Gasteiger partial charge in [-0.3, -0.25) is 4.79 Å². The molecule has 1 saturated heterocycles. The zero-order chi connectivity index (χ0) is 10.4. The predicted octanol–water partition coefficient (Wildman–Crippen LogP) is 3.10. The molecule has 1 fully saturated rings. The number of alkyl halides is 2. The van der Waals surface area contributed by atoms with E-state index in [1.165, 1.54) is 0 Å². The van der Waals surface area contributed by atoms with Crippen LogP contribution in [-0.2, 0) is 9.53 Å². The van der Waals surface area contributed by atoms with Crippen molar-refractivity contribution in [3.63, 3.8) is 0 Å². The maximum atomic E-state index is 11.1. The maximum absolute atomic E-state index is 11.1. The third-order valence-corrected chi connectivity index (χ3v) is 3.18. The highest BCUT2D eigenvalue weighted by molar-refractivity contribution is 6.18. The summed E-state index contributed by atoms with van der Waals surface area (Å²) in [6.07, 6.45) is 4.93. The third kappa shape index (κ3) is 3.32. The van der Waals surface area contributed by atoms with Gasteiger partial charge >= 0.3 is 5.97 Å². The van der Waals surface area contributed by atoms with E-state index in [0.717, 1.165) is 32.1 Å². The number of rotatable bonds is 6. The summed E-state index contributed by atoms with van der Waals surface area (Å²) in [5.41, 5.74) is -0.249. The van der Waals surface area contributed by atoms with E-state index in [1.807, 2.05) is 0 Å². The first kappa shape index (κ1) is 12.1. The van der Waals surface area contributed by atoms with Crippen molar-refractivity contribution in [2.75, 3.05) is 11.8 Å². The molecule has 0 aromatic carbocycles. The molecule has 0 unspecified atom stereocenters. The van der Waals surface area contributed by atoms with Crippen molar-refractivity contribution in [3.05, 3.63) is 0 Å². The van der Waals surface area contributed by atoms with E-state index in [-0.39, 0.29) is 11.6 Å². The molecule has 0 aliphatic carbocycles. The Morgan fingerprint density at radius 2 is 1.79 bits per heavy atom. The number of esters is 1. The van der Waals surface area contributed by atoms with Gasteiger partial charge in [0.1, 0.15) is 5.60 Å². The molecule has 0 N–H and O–H groups in total. The van der Waals surface area contributed by atoms with Crippen molar-refractivity contribution < 1.29 is 9.53 Å². The minimum absolute atomic E-state index is 0.0749. The molecule has 82 valence electrons. The van der Waals surface area contributed by atoms with E-state index in [2.05, 4.69) is 0 Å². The number of cyclic esters (lactones) is 1. The quantitative estimate of drug-likeness (QED) is 0.525. The van der Waals surface area contributed by atoms with Crippen LogP contribution in [0.5, 0.6) is 0 Å². The lowest BCUT2D eigenvalue weighted by Gasteiger charge is -2.27. The zero-order valence-electron chi connectivity index (χ0n) is 8.23. The molecule has 2 nitrogen and oxygen atoms in total. The molecule has 1 rings (SSSR count). The highest BCUT2D eigenvalue weighted by atomic mass is 35.5. The van der Waals surface area contributed by atoms with E-state index >= 15 is 0 Å². The van der Waals surface area contributed by atoms with Crippen LogP contribution >= 0.6 is 23.2 Å². The molecule has 0 spiro atoms. The first-order valence-corrected chi connectivity index (χ1v) is 6.13. The van der Waals surface area contributed by atoms with Gasteiger partial charge in [-0.05, 0) is 32.1 Å². The largest absolute Gasteiger partial charge is 0.459 e.